The van der Waals surface area contributed by atoms with Crippen molar-refractivity contribution in [3.05, 3.63) is 42.5 Å². The highest BCUT2D eigenvalue weighted by molar-refractivity contribution is 5.83. The summed E-state index contributed by atoms with van der Waals surface area (Å²) in [7, 11) is 8.50. The van der Waals surface area contributed by atoms with E-state index in [0.29, 0.717) is 5.75 Å². The molecule has 16 heavy (non-hydrogen) atoms. The lowest BCUT2D eigenvalue weighted by Crippen LogP contribution is -2.27. The number of benzene rings is 2. The van der Waals surface area contributed by atoms with Crippen LogP contribution in [0.5, 0.6) is 5.75 Å². The minimum atomic E-state index is 0.323. The van der Waals surface area contributed by atoms with Gasteiger partial charge in [-0.1, -0.05) is 30.3 Å². The molecule has 0 heterocycles. The summed E-state index contributed by atoms with van der Waals surface area (Å²) in [6, 6.07) is 13.3. The van der Waals surface area contributed by atoms with Gasteiger partial charge in [0.05, 0.1) is 28.2 Å². The topological polar surface area (TPSA) is 20.2 Å². The summed E-state index contributed by atoms with van der Waals surface area (Å²) in [6.45, 7) is 0. The number of hydrogen-bond donors (Lipinski definition) is 1. The van der Waals surface area contributed by atoms with Crippen LogP contribution in [0.25, 0.3) is 10.8 Å². The van der Waals surface area contributed by atoms with Gasteiger partial charge in [0, 0.05) is 0 Å². The Bertz CT molecular complexity index is 451. The molecule has 0 amide bonds. The smallest absolute Gasteiger partial charge is 0.116 e. The molecule has 0 unspecified atom stereocenters. The van der Waals surface area contributed by atoms with E-state index in [0.717, 1.165) is 15.3 Å². The van der Waals surface area contributed by atoms with Crippen molar-refractivity contribution in [3.63, 3.8) is 0 Å². The minimum Gasteiger partial charge on any atom is -0.508 e. The molecular weight excluding hydrogens is 198 g/mol. The van der Waals surface area contributed by atoms with Crippen molar-refractivity contribution in [2.75, 3.05) is 28.2 Å². The predicted molar refractivity (Wildman–Crippen MR) is 69.6 cm³/mol. The Balaban J connectivity index is 0.000000221. The number of quaternary nitrogens is 1. The summed E-state index contributed by atoms with van der Waals surface area (Å²) in [5.41, 5.74) is 0. The van der Waals surface area contributed by atoms with E-state index >= 15 is 0 Å². The molecule has 86 valence electrons. The van der Waals surface area contributed by atoms with Crippen LogP contribution in [0.15, 0.2) is 42.5 Å². The number of phenolic OH excluding ortho intramolecular Hbond substituents is 1. The maximum atomic E-state index is 9.13. The molecule has 2 heteroatoms. The molecule has 0 atom stereocenters. The first kappa shape index (κ1) is 12.5. The maximum Gasteiger partial charge on any atom is 0.116 e. The van der Waals surface area contributed by atoms with Gasteiger partial charge < -0.3 is 9.59 Å². The minimum absolute atomic E-state index is 0.323. The highest BCUT2D eigenvalue weighted by Gasteiger charge is 1.91. The second-order valence-corrected chi connectivity index (χ2v) is 5.21. The van der Waals surface area contributed by atoms with Crippen LogP contribution < -0.4 is 0 Å². The third-order valence-electron chi connectivity index (χ3n) is 1.73. The molecule has 2 aromatic carbocycles. The van der Waals surface area contributed by atoms with Crippen LogP contribution in [-0.2, 0) is 0 Å². The average molecular weight is 218 g/mol. The van der Waals surface area contributed by atoms with Crippen molar-refractivity contribution in [1.82, 2.24) is 0 Å². The van der Waals surface area contributed by atoms with Crippen LogP contribution in [0.3, 0.4) is 0 Å². The van der Waals surface area contributed by atoms with Crippen molar-refractivity contribution < 1.29 is 9.59 Å². The number of fused-ring (bicyclic) bond motifs is 1. The van der Waals surface area contributed by atoms with Crippen molar-refractivity contribution in [2.45, 2.75) is 0 Å². The molecule has 0 aromatic heterocycles. The zero-order valence-electron chi connectivity index (χ0n) is 10.4. The van der Waals surface area contributed by atoms with Gasteiger partial charge in [-0.3, -0.25) is 0 Å². The Morgan fingerprint density at radius 3 is 1.88 bits per heavy atom. The van der Waals surface area contributed by atoms with Gasteiger partial charge in [-0.05, 0) is 22.9 Å². The highest BCUT2D eigenvalue weighted by Crippen LogP contribution is 2.18. The van der Waals surface area contributed by atoms with Gasteiger partial charge in [-0.2, -0.15) is 0 Å². The molecule has 0 fully saturated rings. The third-order valence-corrected chi connectivity index (χ3v) is 1.73. The van der Waals surface area contributed by atoms with Crippen LogP contribution >= 0.6 is 0 Å². The molecule has 2 aromatic rings. The zero-order chi connectivity index (χ0) is 12.2. The molecule has 1 N–H and O–H groups in total. The van der Waals surface area contributed by atoms with Gasteiger partial charge in [0.25, 0.3) is 0 Å². The number of hydrogen-bond acceptors (Lipinski definition) is 1. The predicted octanol–water partition coefficient (Wildman–Crippen LogP) is 2.87. The van der Waals surface area contributed by atoms with Gasteiger partial charge in [-0.25, -0.2) is 0 Å². The van der Waals surface area contributed by atoms with E-state index in [4.69, 9.17) is 5.11 Å². The Kier molecular flexibility index (Phi) is 3.91. The first-order valence-electron chi connectivity index (χ1n) is 5.33. The van der Waals surface area contributed by atoms with Crippen molar-refractivity contribution in [1.29, 1.82) is 0 Å². The molecule has 0 bridgehead atoms. The molecule has 0 aliphatic heterocycles. The van der Waals surface area contributed by atoms with E-state index in [9.17, 15) is 0 Å². The van der Waals surface area contributed by atoms with E-state index < -0.39 is 0 Å². The fourth-order valence-electron chi connectivity index (χ4n) is 1.18. The summed E-state index contributed by atoms with van der Waals surface area (Å²) >= 11 is 0. The number of phenols is 1. The highest BCUT2D eigenvalue weighted by atomic mass is 16.3. The monoisotopic (exact) mass is 218 g/mol. The standard InChI is InChI=1S/C10H8O.C4H12N/c11-10-6-5-8-3-1-2-4-9(8)7-10;1-5(2,3)4/h1-7,11H;1-4H3/q;+1. The van der Waals surface area contributed by atoms with Crippen LogP contribution in [0.2, 0.25) is 0 Å². The van der Waals surface area contributed by atoms with Gasteiger partial charge in [0.1, 0.15) is 5.75 Å². The van der Waals surface area contributed by atoms with Crippen LogP contribution in [0.1, 0.15) is 0 Å². The molecule has 0 aliphatic rings. The summed E-state index contributed by atoms with van der Waals surface area (Å²) in [4.78, 5) is 0. The van der Waals surface area contributed by atoms with E-state index in [1.807, 2.05) is 30.3 Å². The summed E-state index contributed by atoms with van der Waals surface area (Å²) in [5.74, 6) is 0.323. The van der Waals surface area contributed by atoms with Gasteiger partial charge >= 0.3 is 0 Å². The maximum absolute atomic E-state index is 9.13. The lowest BCUT2D eigenvalue weighted by atomic mass is 10.1. The van der Waals surface area contributed by atoms with Crippen LogP contribution in [-0.4, -0.2) is 37.8 Å². The Morgan fingerprint density at radius 1 is 0.812 bits per heavy atom. The largest absolute Gasteiger partial charge is 0.508 e. The first-order valence-corrected chi connectivity index (χ1v) is 5.33. The van der Waals surface area contributed by atoms with E-state index in [2.05, 4.69) is 28.2 Å². The van der Waals surface area contributed by atoms with Gasteiger partial charge in [0.2, 0.25) is 0 Å². The lowest BCUT2D eigenvalue weighted by Gasteiger charge is -2.14. The number of nitrogens with zero attached hydrogens (tertiary/aromatic N) is 1. The average Bonchev–Trinajstić information content (AvgIpc) is 2.15. The number of rotatable bonds is 0. The molecule has 0 aliphatic carbocycles. The SMILES string of the molecule is C[N+](C)(C)C.Oc1ccc2ccccc2c1. The Morgan fingerprint density at radius 2 is 1.31 bits per heavy atom. The fraction of sp³-hybridized carbons (Fsp3) is 0.286. The fourth-order valence-corrected chi connectivity index (χ4v) is 1.18. The number of aromatic hydroxyl groups is 1. The quantitative estimate of drug-likeness (QED) is 0.674. The summed E-state index contributed by atoms with van der Waals surface area (Å²) < 4.78 is 1.00. The Hall–Kier alpha value is -1.54. The lowest BCUT2D eigenvalue weighted by molar-refractivity contribution is -0.849. The van der Waals surface area contributed by atoms with Gasteiger partial charge in [-0.15, -0.1) is 0 Å². The third kappa shape index (κ3) is 4.80. The molecule has 0 saturated carbocycles. The van der Waals surface area contributed by atoms with Gasteiger partial charge in [0.15, 0.2) is 0 Å². The Labute approximate surface area is 97.3 Å². The first-order chi connectivity index (χ1) is 7.36. The summed E-state index contributed by atoms with van der Waals surface area (Å²) in [6.07, 6.45) is 0. The van der Waals surface area contributed by atoms with E-state index in [-0.39, 0.29) is 0 Å². The second kappa shape index (κ2) is 4.99. The molecule has 0 spiro atoms. The molecule has 0 radical (unpaired) electrons. The molecule has 2 rings (SSSR count). The zero-order valence-corrected chi connectivity index (χ0v) is 10.4. The van der Waals surface area contributed by atoms with Crippen molar-refractivity contribution in [2.24, 2.45) is 0 Å². The van der Waals surface area contributed by atoms with E-state index in [1.54, 1.807) is 12.1 Å². The summed E-state index contributed by atoms with van der Waals surface area (Å²) in [5, 5.41) is 11.4. The second-order valence-electron chi connectivity index (χ2n) is 5.21. The molecule has 2 nitrogen and oxygen atoms in total. The van der Waals surface area contributed by atoms with Crippen molar-refractivity contribution >= 4 is 10.8 Å². The normalized spacial score (nSPS) is 10.8. The van der Waals surface area contributed by atoms with E-state index in [1.165, 1.54) is 0 Å². The van der Waals surface area contributed by atoms with Crippen molar-refractivity contribution in [3.8, 4) is 5.75 Å². The van der Waals surface area contributed by atoms with Crippen LogP contribution in [0, 0.1) is 0 Å². The molecule has 0 saturated heterocycles. The molecular formula is C14H20NO+. The van der Waals surface area contributed by atoms with Crippen LogP contribution in [0.4, 0.5) is 0 Å².